The van der Waals surface area contributed by atoms with Crippen molar-refractivity contribution in [2.45, 2.75) is 0 Å². The van der Waals surface area contributed by atoms with Gasteiger partial charge in [-0.3, -0.25) is 9.63 Å². The Morgan fingerprint density at radius 2 is 2.19 bits per heavy atom. The topological polar surface area (TPSA) is 87.9 Å². The van der Waals surface area contributed by atoms with Crippen molar-refractivity contribution in [1.82, 2.24) is 14.9 Å². The smallest absolute Gasteiger partial charge is 0.278 e. The fraction of sp³-hybridized carbons (Fsp3) is 0.125. The summed E-state index contributed by atoms with van der Waals surface area (Å²) in [5.74, 6) is -1.24. The number of carbonyl (C=O) groups is 1. The zero-order valence-electron chi connectivity index (χ0n) is 13.2. The van der Waals surface area contributed by atoms with Crippen molar-refractivity contribution in [3.05, 3.63) is 58.2 Å². The third-order valence-electron chi connectivity index (χ3n) is 3.42. The molecule has 1 amide bonds. The second-order valence-electron chi connectivity index (χ2n) is 5.14. The average molecular weight is 399 g/mol. The molecule has 0 unspecified atom stereocenters. The highest BCUT2D eigenvalue weighted by Gasteiger charge is 2.20. The maximum absolute atomic E-state index is 14.1. The van der Waals surface area contributed by atoms with Gasteiger partial charge in [0.25, 0.3) is 5.91 Å². The standard InChI is InChI=1S/C16H13Cl2FN4O3/c17-9-1-2-12(11(19)7-9)21-14-10(16(25)22-26-6-5-24)8-23-4-3-20-15(23)13(14)18/h1-4,7-8,21,24H,5-6H2,(H,22,25). The molecule has 2 aromatic heterocycles. The Labute approximate surface area is 157 Å². The number of hydrogen-bond donors (Lipinski definition) is 3. The molecule has 0 spiro atoms. The molecule has 0 saturated carbocycles. The van der Waals surface area contributed by atoms with Crippen LogP contribution in [0, 0.1) is 5.82 Å². The Balaban J connectivity index is 2.04. The maximum atomic E-state index is 14.1. The zero-order chi connectivity index (χ0) is 18.7. The molecular weight excluding hydrogens is 386 g/mol. The van der Waals surface area contributed by atoms with Gasteiger partial charge < -0.3 is 14.8 Å². The number of imidazole rings is 1. The molecule has 10 heteroatoms. The molecule has 26 heavy (non-hydrogen) atoms. The Bertz CT molecular complexity index is 964. The SMILES string of the molecule is O=C(NOCCO)c1cn2ccnc2c(Cl)c1Nc1ccc(Cl)cc1F. The van der Waals surface area contributed by atoms with Crippen molar-refractivity contribution in [3.8, 4) is 0 Å². The van der Waals surface area contributed by atoms with Crippen LogP contribution in [0.4, 0.5) is 15.8 Å². The highest BCUT2D eigenvalue weighted by Crippen LogP contribution is 2.33. The van der Waals surface area contributed by atoms with Gasteiger partial charge in [0.1, 0.15) is 10.8 Å². The Kier molecular flexibility index (Phi) is 5.58. The van der Waals surface area contributed by atoms with Gasteiger partial charge in [0, 0.05) is 23.6 Å². The van der Waals surface area contributed by atoms with Crippen LogP contribution in [0.25, 0.3) is 5.65 Å². The van der Waals surface area contributed by atoms with Gasteiger partial charge in [-0.15, -0.1) is 0 Å². The van der Waals surface area contributed by atoms with Gasteiger partial charge in [-0.1, -0.05) is 23.2 Å². The number of aromatic nitrogens is 2. The van der Waals surface area contributed by atoms with E-state index in [1.165, 1.54) is 24.5 Å². The molecule has 2 heterocycles. The van der Waals surface area contributed by atoms with E-state index in [1.54, 1.807) is 10.6 Å². The number of benzene rings is 1. The van der Waals surface area contributed by atoms with Crippen molar-refractivity contribution in [2.75, 3.05) is 18.5 Å². The van der Waals surface area contributed by atoms with E-state index in [-0.39, 0.29) is 40.2 Å². The molecule has 0 saturated heterocycles. The lowest BCUT2D eigenvalue weighted by atomic mass is 10.2. The molecule has 1 aromatic carbocycles. The molecule has 3 aromatic rings. The van der Waals surface area contributed by atoms with E-state index in [2.05, 4.69) is 15.8 Å². The molecule has 3 rings (SSSR count). The first-order valence-corrected chi connectivity index (χ1v) is 8.17. The monoisotopic (exact) mass is 398 g/mol. The lowest BCUT2D eigenvalue weighted by Crippen LogP contribution is -2.26. The minimum atomic E-state index is -0.632. The molecule has 0 atom stereocenters. The van der Waals surface area contributed by atoms with Gasteiger partial charge in [0.2, 0.25) is 0 Å². The lowest BCUT2D eigenvalue weighted by Gasteiger charge is -2.15. The minimum absolute atomic E-state index is 0.0810. The van der Waals surface area contributed by atoms with Crippen molar-refractivity contribution in [2.24, 2.45) is 0 Å². The summed E-state index contributed by atoms with van der Waals surface area (Å²) in [5, 5.41) is 11.9. The van der Waals surface area contributed by atoms with E-state index in [1.807, 2.05) is 0 Å². The van der Waals surface area contributed by atoms with Gasteiger partial charge in [0.05, 0.1) is 30.2 Å². The fourth-order valence-corrected chi connectivity index (χ4v) is 2.71. The molecule has 0 bridgehead atoms. The summed E-state index contributed by atoms with van der Waals surface area (Å²) in [4.78, 5) is 21.4. The predicted molar refractivity (Wildman–Crippen MR) is 95.4 cm³/mol. The third-order valence-corrected chi connectivity index (χ3v) is 4.01. The maximum Gasteiger partial charge on any atom is 0.278 e. The van der Waals surface area contributed by atoms with E-state index in [4.69, 9.17) is 33.1 Å². The highest BCUT2D eigenvalue weighted by molar-refractivity contribution is 6.37. The van der Waals surface area contributed by atoms with Crippen LogP contribution in [0.2, 0.25) is 10.0 Å². The summed E-state index contributed by atoms with van der Waals surface area (Å²) >= 11 is 12.1. The number of nitrogens with zero attached hydrogens (tertiary/aromatic N) is 2. The number of pyridine rings is 1. The largest absolute Gasteiger partial charge is 0.394 e. The number of fused-ring (bicyclic) bond motifs is 1. The Morgan fingerprint density at radius 3 is 2.92 bits per heavy atom. The molecule has 0 radical (unpaired) electrons. The molecular formula is C16H13Cl2FN4O3. The molecule has 7 nitrogen and oxygen atoms in total. The number of hydrogen-bond acceptors (Lipinski definition) is 5. The summed E-state index contributed by atoms with van der Waals surface area (Å²) in [5.41, 5.74) is 2.89. The van der Waals surface area contributed by atoms with Crippen LogP contribution in [-0.2, 0) is 4.84 Å². The number of aliphatic hydroxyl groups is 1. The highest BCUT2D eigenvalue weighted by atomic mass is 35.5. The zero-order valence-corrected chi connectivity index (χ0v) is 14.7. The van der Waals surface area contributed by atoms with Gasteiger partial charge >= 0.3 is 0 Å². The van der Waals surface area contributed by atoms with Crippen LogP contribution >= 0.6 is 23.2 Å². The van der Waals surface area contributed by atoms with Crippen LogP contribution < -0.4 is 10.8 Å². The lowest BCUT2D eigenvalue weighted by molar-refractivity contribution is 0.0168. The number of anilines is 2. The van der Waals surface area contributed by atoms with Crippen molar-refractivity contribution >= 4 is 46.1 Å². The summed E-state index contributed by atoms with van der Waals surface area (Å²) in [6.45, 7) is -0.343. The Morgan fingerprint density at radius 1 is 1.38 bits per heavy atom. The van der Waals surface area contributed by atoms with Gasteiger partial charge in [-0.2, -0.15) is 0 Å². The normalized spacial score (nSPS) is 10.9. The van der Waals surface area contributed by atoms with Crippen molar-refractivity contribution < 1.29 is 19.1 Å². The summed E-state index contributed by atoms with van der Waals surface area (Å²) in [7, 11) is 0. The van der Waals surface area contributed by atoms with Crippen molar-refractivity contribution in [3.63, 3.8) is 0 Å². The minimum Gasteiger partial charge on any atom is -0.394 e. The first-order chi connectivity index (χ1) is 12.5. The molecule has 0 aliphatic rings. The Hall–Kier alpha value is -2.39. The number of halogens is 3. The fourth-order valence-electron chi connectivity index (χ4n) is 2.26. The van der Waals surface area contributed by atoms with E-state index in [9.17, 15) is 9.18 Å². The van der Waals surface area contributed by atoms with E-state index < -0.39 is 11.7 Å². The predicted octanol–water partition coefficient (Wildman–Crippen LogP) is 3.18. The number of nitrogens with one attached hydrogen (secondary N) is 2. The van der Waals surface area contributed by atoms with Crippen LogP contribution in [0.3, 0.4) is 0 Å². The molecule has 136 valence electrons. The van der Waals surface area contributed by atoms with Crippen LogP contribution in [-0.4, -0.2) is 33.6 Å². The number of hydroxylamine groups is 1. The molecule has 0 aliphatic carbocycles. The molecule has 3 N–H and O–H groups in total. The van der Waals surface area contributed by atoms with E-state index in [0.717, 1.165) is 6.07 Å². The van der Waals surface area contributed by atoms with E-state index in [0.29, 0.717) is 5.65 Å². The first kappa shape index (κ1) is 18.4. The van der Waals surface area contributed by atoms with Crippen LogP contribution in [0.1, 0.15) is 10.4 Å². The van der Waals surface area contributed by atoms with Gasteiger partial charge in [0.15, 0.2) is 5.65 Å². The number of aliphatic hydroxyl groups excluding tert-OH is 1. The van der Waals surface area contributed by atoms with Crippen LogP contribution in [0.15, 0.2) is 36.8 Å². The quantitative estimate of drug-likeness (QED) is 0.438. The number of amides is 1. The van der Waals surface area contributed by atoms with Gasteiger partial charge in [-0.25, -0.2) is 14.9 Å². The average Bonchev–Trinajstić information content (AvgIpc) is 3.08. The second-order valence-corrected chi connectivity index (χ2v) is 5.96. The number of carbonyl (C=O) groups excluding carboxylic acids is 1. The third kappa shape index (κ3) is 3.73. The number of rotatable bonds is 6. The summed E-state index contributed by atoms with van der Waals surface area (Å²) < 4.78 is 15.7. The summed E-state index contributed by atoms with van der Waals surface area (Å²) in [6.07, 6.45) is 4.60. The van der Waals surface area contributed by atoms with E-state index >= 15 is 0 Å². The molecule has 0 fully saturated rings. The first-order valence-electron chi connectivity index (χ1n) is 7.41. The van der Waals surface area contributed by atoms with Crippen molar-refractivity contribution in [1.29, 1.82) is 0 Å². The molecule has 0 aliphatic heterocycles. The van der Waals surface area contributed by atoms with Crippen LogP contribution in [0.5, 0.6) is 0 Å². The van der Waals surface area contributed by atoms with Gasteiger partial charge in [-0.05, 0) is 18.2 Å². The summed E-state index contributed by atoms with van der Waals surface area (Å²) in [6, 6.07) is 4.06. The second kappa shape index (κ2) is 7.88.